The van der Waals surface area contributed by atoms with Gasteiger partial charge in [0.25, 0.3) is 0 Å². The van der Waals surface area contributed by atoms with Gasteiger partial charge in [-0.2, -0.15) is 0 Å². The van der Waals surface area contributed by atoms with Gasteiger partial charge in [-0.1, -0.05) is 218 Å². The van der Waals surface area contributed by atoms with Gasteiger partial charge in [-0.25, -0.2) is 0 Å². The van der Waals surface area contributed by atoms with Crippen molar-refractivity contribution in [3.63, 3.8) is 0 Å². The van der Waals surface area contributed by atoms with Crippen molar-refractivity contribution in [1.29, 1.82) is 0 Å². The van der Waals surface area contributed by atoms with Crippen molar-refractivity contribution in [1.82, 2.24) is 9.13 Å². The van der Waals surface area contributed by atoms with Crippen molar-refractivity contribution in [2.75, 3.05) is 0 Å². The fraction of sp³-hybridized carbons (Fsp3) is 0. The molecule has 0 saturated heterocycles. The molecular weight excluding hydrogens is 941 g/mol. The molecule has 78 heavy (non-hydrogen) atoms. The predicted octanol–water partition coefficient (Wildman–Crippen LogP) is 21.1. The van der Waals surface area contributed by atoms with Crippen LogP contribution >= 0.6 is 0 Å². The number of hydrogen-bond acceptors (Lipinski definition) is 0. The number of hydrogen-bond donors (Lipinski definition) is 0. The summed E-state index contributed by atoms with van der Waals surface area (Å²) in [4.78, 5) is 0. The summed E-state index contributed by atoms with van der Waals surface area (Å²) in [7, 11) is 0. The molecule has 0 bridgehead atoms. The fourth-order valence-corrected chi connectivity index (χ4v) is 14.3. The maximum Gasteiger partial charge on any atom is 0.0553 e. The van der Waals surface area contributed by atoms with Crippen LogP contribution in [-0.2, 0) is 0 Å². The van der Waals surface area contributed by atoms with Crippen LogP contribution in [0.2, 0.25) is 0 Å². The van der Waals surface area contributed by atoms with Crippen LogP contribution in [0.5, 0.6) is 0 Å². The Labute approximate surface area is 447 Å². The summed E-state index contributed by atoms with van der Waals surface area (Å²) in [6.45, 7) is 0. The van der Waals surface area contributed by atoms with Crippen molar-refractivity contribution in [3.05, 3.63) is 267 Å². The van der Waals surface area contributed by atoms with Crippen LogP contribution in [0.15, 0.2) is 267 Å². The van der Waals surface area contributed by atoms with Crippen molar-refractivity contribution >= 4 is 151 Å². The highest BCUT2D eigenvalue weighted by atomic mass is 15.0. The standard InChI is InChI=1S/C76H44N2/c1-3-19-49-45(17-1)34-38-62-73-59-29-11-9-23-53(59)51-21-5-7-25-55(51)65(73)44-72(74(49)62)78-68-32-16-14-28-58(68)64-42-48(36-40-70(64)78)47-35-39-69-63(41-47)57-27-13-15-31-67(57)77(69)71-43-66-56-26-8-6-22-52(56)54-24-10-12-30-60(54)76(66)75-50-20-4-2-18-46(50)33-37-61(71)75/h1-44H. The molecule has 2 heteroatoms. The van der Waals surface area contributed by atoms with E-state index in [9.17, 15) is 0 Å². The van der Waals surface area contributed by atoms with Gasteiger partial charge < -0.3 is 9.13 Å². The molecule has 0 radical (unpaired) electrons. The minimum atomic E-state index is 1.19. The summed E-state index contributed by atoms with van der Waals surface area (Å²) in [6, 6.07) is 100. The molecule has 18 rings (SSSR count). The van der Waals surface area contributed by atoms with Gasteiger partial charge in [-0.3, -0.25) is 0 Å². The zero-order valence-corrected chi connectivity index (χ0v) is 42.3. The van der Waals surface area contributed by atoms with Crippen LogP contribution in [0.25, 0.3) is 174 Å². The lowest BCUT2D eigenvalue weighted by molar-refractivity contribution is 1.20. The highest BCUT2D eigenvalue weighted by molar-refractivity contribution is 6.37. The van der Waals surface area contributed by atoms with Gasteiger partial charge in [0.1, 0.15) is 0 Å². The van der Waals surface area contributed by atoms with Crippen LogP contribution in [0.4, 0.5) is 0 Å². The van der Waals surface area contributed by atoms with E-state index in [1.165, 1.54) is 174 Å². The van der Waals surface area contributed by atoms with Crippen LogP contribution in [-0.4, -0.2) is 9.13 Å². The van der Waals surface area contributed by atoms with E-state index in [2.05, 4.69) is 276 Å². The third-order valence-corrected chi connectivity index (χ3v) is 17.6. The van der Waals surface area contributed by atoms with E-state index >= 15 is 0 Å². The van der Waals surface area contributed by atoms with Crippen LogP contribution in [0, 0.1) is 0 Å². The van der Waals surface area contributed by atoms with Crippen LogP contribution in [0.1, 0.15) is 0 Å². The molecule has 16 aromatic carbocycles. The lowest BCUT2D eigenvalue weighted by atomic mass is 9.88. The number of aromatic nitrogens is 2. The second kappa shape index (κ2) is 15.6. The first-order chi connectivity index (χ1) is 38.7. The summed E-state index contributed by atoms with van der Waals surface area (Å²) in [5.74, 6) is 0. The topological polar surface area (TPSA) is 9.86 Å². The molecule has 0 aliphatic carbocycles. The summed E-state index contributed by atoms with van der Waals surface area (Å²) in [5, 5.41) is 30.4. The molecule has 2 nitrogen and oxygen atoms in total. The molecule has 0 saturated carbocycles. The van der Waals surface area contributed by atoms with Gasteiger partial charge in [-0.05, 0) is 151 Å². The van der Waals surface area contributed by atoms with Crippen molar-refractivity contribution in [2.24, 2.45) is 0 Å². The molecule has 0 fully saturated rings. The predicted molar refractivity (Wildman–Crippen MR) is 336 cm³/mol. The largest absolute Gasteiger partial charge is 0.309 e. The van der Waals surface area contributed by atoms with E-state index in [-0.39, 0.29) is 0 Å². The number of nitrogens with zero attached hydrogens (tertiary/aromatic N) is 2. The molecule has 0 aliphatic rings. The van der Waals surface area contributed by atoms with E-state index in [0.29, 0.717) is 0 Å². The Morgan fingerprint density at radius 1 is 0.167 bits per heavy atom. The molecule has 0 spiro atoms. The monoisotopic (exact) mass is 984 g/mol. The minimum absolute atomic E-state index is 1.19. The Morgan fingerprint density at radius 2 is 0.513 bits per heavy atom. The van der Waals surface area contributed by atoms with E-state index in [4.69, 9.17) is 0 Å². The maximum atomic E-state index is 2.55. The molecule has 2 aromatic heterocycles. The van der Waals surface area contributed by atoms with Gasteiger partial charge in [-0.15, -0.1) is 0 Å². The summed E-state index contributed by atoms with van der Waals surface area (Å²) in [6.07, 6.45) is 0. The Hall–Kier alpha value is -10.3. The summed E-state index contributed by atoms with van der Waals surface area (Å²) in [5.41, 5.74) is 9.52. The minimum Gasteiger partial charge on any atom is -0.309 e. The summed E-state index contributed by atoms with van der Waals surface area (Å²) >= 11 is 0. The molecule has 0 unspecified atom stereocenters. The van der Waals surface area contributed by atoms with Crippen molar-refractivity contribution < 1.29 is 0 Å². The zero-order valence-electron chi connectivity index (χ0n) is 42.3. The van der Waals surface area contributed by atoms with Gasteiger partial charge in [0.15, 0.2) is 0 Å². The lowest BCUT2D eigenvalue weighted by Gasteiger charge is -2.19. The van der Waals surface area contributed by atoms with Crippen LogP contribution < -0.4 is 0 Å². The molecular formula is C76H44N2. The van der Waals surface area contributed by atoms with E-state index in [1.54, 1.807) is 0 Å². The highest BCUT2D eigenvalue weighted by Gasteiger charge is 2.23. The molecule has 0 N–H and O–H groups in total. The van der Waals surface area contributed by atoms with E-state index in [1.807, 2.05) is 0 Å². The number of rotatable bonds is 3. The Balaban J connectivity index is 0.886. The van der Waals surface area contributed by atoms with Gasteiger partial charge in [0.2, 0.25) is 0 Å². The quantitative estimate of drug-likeness (QED) is 0.156. The third kappa shape index (κ3) is 5.60. The molecule has 18 aromatic rings. The van der Waals surface area contributed by atoms with E-state index in [0.717, 1.165) is 0 Å². The van der Waals surface area contributed by atoms with Gasteiger partial charge >= 0.3 is 0 Å². The highest BCUT2D eigenvalue weighted by Crippen LogP contribution is 2.48. The Bertz CT molecular complexity index is 5690. The number of benzene rings is 16. The number of para-hydroxylation sites is 2. The van der Waals surface area contributed by atoms with E-state index < -0.39 is 0 Å². The first kappa shape index (κ1) is 42.0. The zero-order chi connectivity index (χ0) is 50.7. The molecule has 0 atom stereocenters. The smallest absolute Gasteiger partial charge is 0.0553 e. The third-order valence-electron chi connectivity index (χ3n) is 17.6. The van der Waals surface area contributed by atoms with Crippen molar-refractivity contribution in [2.45, 2.75) is 0 Å². The average Bonchev–Trinajstić information content (AvgIpc) is 3.95. The van der Waals surface area contributed by atoms with Gasteiger partial charge in [0, 0.05) is 37.7 Å². The molecule has 358 valence electrons. The molecule has 0 amide bonds. The lowest BCUT2D eigenvalue weighted by Crippen LogP contribution is -1.98. The summed E-state index contributed by atoms with van der Waals surface area (Å²) < 4.78 is 5.09. The molecule has 2 heterocycles. The SMILES string of the molecule is c1ccc2c(c1)ccc1c2c(-n2c3ccccc3c3cc(-c4ccc5c(c4)c4ccccc4n5-c4cc5c6ccccc6c6ccccc6c5c5c4ccc4ccccc45)ccc32)cc2c3ccccc3c3ccccc3c21. The first-order valence-corrected chi connectivity index (χ1v) is 27.2. The van der Waals surface area contributed by atoms with Crippen LogP contribution in [0.3, 0.4) is 0 Å². The maximum absolute atomic E-state index is 2.55. The second-order valence-corrected chi connectivity index (χ2v) is 21.4. The number of fused-ring (bicyclic) bond motifs is 26. The normalized spacial score (nSPS) is 12.4. The Kier molecular flexibility index (Phi) is 8.42. The second-order valence-electron chi connectivity index (χ2n) is 21.4. The molecule has 0 aliphatic heterocycles. The average molecular weight is 985 g/mol. The van der Waals surface area contributed by atoms with Crippen molar-refractivity contribution in [3.8, 4) is 22.5 Å². The fourth-order valence-electron chi connectivity index (χ4n) is 14.3. The first-order valence-electron chi connectivity index (χ1n) is 27.2. The Morgan fingerprint density at radius 3 is 1.05 bits per heavy atom. The van der Waals surface area contributed by atoms with Gasteiger partial charge in [0.05, 0.1) is 33.4 Å².